The smallest absolute Gasteiger partial charge is 0.254 e. The van der Waals surface area contributed by atoms with E-state index in [1.165, 1.54) is 0 Å². The minimum Gasteiger partial charge on any atom is -0.472 e. The quantitative estimate of drug-likeness (QED) is 0.928. The van der Waals surface area contributed by atoms with Crippen LogP contribution in [0.5, 0.6) is 5.88 Å². The standard InChI is InChI=1S/C15H19ClN2O3/c16-11-4-5-13(17-9-11)21-12-3-1-8-18(10-12)14(19)15(20)6-2-7-15/h4-5,9,12,20H,1-3,6-8,10H2/t12-/m1/s1. The van der Waals surface area contributed by atoms with E-state index in [2.05, 4.69) is 4.98 Å². The largest absolute Gasteiger partial charge is 0.472 e. The van der Waals surface area contributed by atoms with Crippen molar-refractivity contribution in [1.29, 1.82) is 0 Å². The fourth-order valence-electron chi connectivity index (χ4n) is 2.84. The van der Waals surface area contributed by atoms with Crippen LogP contribution in [0.25, 0.3) is 0 Å². The van der Waals surface area contributed by atoms with Crippen molar-refractivity contribution in [3.63, 3.8) is 0 Å². The van der Waals surface area contributed by atoms with Gasteiger partial charge in [-0.3, -0.25) is 4.79 Å². The molecule has 0 aromatic carbocycles. The summed E-state index contributed by atoms with van der Waals surface area (Å²) in [5, 5.41) is 10.7. The van der Waals surface area contributed by atoms with Gasteiger partial charge in [0.25, 0.3) is 5.91 Å². The summed E-state index contributed by atoms with van der Waals surface area (Å²) in [6.45, 7) is 1.19. The maximum atomic E-state index is 12.3. The number of aliphatic hydroxyl groups is 1. The third-order valence-corrected chi connectivity index (χ3v) is 4.46. The number of nitrogens with zero attached hydrogens (tertiary/aromatic N) is 2. The molecule has 1 saturated heterocycles. The molecular weight excluding hydrogens is 292 g/mol. The number of ether oxygens (including phenoxy) is 1. The van der Waals surface area contributed by atoms with Crippen LogP contribution < -0.4 is 4.74 Å². The van der Waals surface area contributed by atoms with E-state index in [-0.39, 0.29) is 12.0 Å². The molecule has 1 aliphatic carbocycles. The summed E-state index contributed by atoms with van der Waals surface area (Å²) in [4.78, 5) is 18.2. The number of hydrogen-bond donors (Lipinski definition) is 1. The highest BCUT2D eigenvalue weighted by atomic mass is 35.5. The van der Waals surface area contributed by atoms with E-state index in [0.29, 0.717) is 36.8 Å². The Balaban J connectivity index is 1.60. The molecule has 0 spiro atoms. The molecule has 0 unspecified atom stereocenters. The van der Waals surface area contributed by atoms with Gasteiger partial charge in [-0.25, -0.2) is 4.98 Å². The summed E-state index contributed by atoms with van der Waals surface area (Å²) >= 11 is 5.79. The number of amides is 1. The second-order valence-electron chi connectivity index (χ2n) is 5.83. The summed E-state index contributed by atoms with van der Waals surface area (Å²) < 4.78 is 5.81. The first-order valence-electron chi connectivity index (χ1n) is 7.37. The predicted octanol–water partition coefficient (Wildman–Crippen LogP) is 2.02. The van der Waals surface area contributed by atoms with E-state index in [1.54, 1.807) is 23.2 Å². The van der Waals surface area contributed by atoms with E-state index in [9.17, 15) is 9.90 Å². The number of aromatic nitrogens is 1. The van der Waals surface area contributed by atoms with Crippen LogP contribution in [0.15, 0.2) is 18.3 Å². The molecule has 1 amide bonds. The summed E-state index contributed by atoms with van der Waals surface area (Å²) in [6, 6.07) is 3.45. The first-order chi connectivity index (χ1) is 10.1. The van der Waals surface area contributed by atoms with Crippen LogP contribution in [0.2, 0.25) is 5.02 Å². The van der Waals surface area contributed by atoms with Crippen LogP contribution in [-0.4, -0.2) is 45.7 Å². The normalized spacial score (nSPS) is 24.3. The Hall–Kier alpha value is -1.33. The Labute approximate surface area is 128 Å². The van der Waals surface area contributed by atoms with Gasteiger partial charge < -0.3 is 14.7 Å². The van der Waals surface area contributed by atoms with E-state index < -0.39 is 5.60 Å². The summed E-state index contributed by atoms with van der Waals surface area (Å²) in [6.07, 6.45) is 5.29. The van der Waals surface area contributed by atoms with Crippen molar-refractivity contribution in [1.82, 2.24) is 9.88 Å². The zero-order chi connectivity index (χ0) is 14.9. The highest BCUT2D eigenvalue weighted by Gasteiger charge is 2.45. The number of pyridine rings is 1. The van der Waals surface area contributed by atoms with Gasteiger partial charge in [0, 0.05) is 18.8 Å². The molecule has 2 fully saturated rings. The van der Waals surface area contributed by atoms with Crippen LogP contribution in [0.3, 0.4) is 0 Å². The van der Waals surface area contributed by atoms with E-state index in [4.69, 9.17) is 16.3 Å². The minimum absolute atomic E-state index is 0.0833. The molecule has 21 heavy (non-hydrogen) atoms. The zero-order valence-corrected chi connectivity index (χ0v) is 12.6. The molecule has 3 rings (SSSR count). The number of likely N-dealkylation sites (tertiary alicyclic amines) is 1. The van der Waals surface area contributed by atoms with Crippen molar-refractivity contribution in [2.75, 3.05) is 13.1 Å². The molecular formula is C15H19ClN2O3. The molecule has 1 aromatic rings. The highest BCUT2D eigenvalue weighted by Crippen LogP contribution is 2.34. The second-order valence-corrected chi connectivity index (χ2v) is 6.27. The molecule has 1 aromatic heterocycles. The van der Waals surface area contributed by atoms with Gasteiger partial charge in [-0.1, -0.05) is 11.6 Å². The molecule has 1 saturated carbocycles. The van der Waals surface area contributed by atoms with Gasteiger partial charge >= 0.3 is 0 Å². The topological polar surface area (TPSA) is 62.7 Å². The predicted molar refractivity (Wildman–Crippen MR) is 78.3 cm³/mol. The lowest BCUT2D eigenvalue weighted by Crippen LogP contribution is -2.56. The van der Waals surface area contributed by atoms with Crippen LogP contribution >= 0.6 is 11.6 Å². The van der Waals surface area contributed by atoms with Crippen molar-refractivity contribution in [2.24, 2.45) is 0 Å². The van der Waals surface area contributed by atoms with E-state index >= 15 is 0 Å². The third kappa shape index (κ3) is 3.14. The maximum absolute atomic E-state index is 12.3. The Kier molecular flexibility index (Phi) is 4.04. The lowest BCUT2D eigenvalue weighted by Gasteiger charge is -2.41. The summed E-state index contributed by atoms with van der Waals surface area (Å²) in [7, 11) is 0. The van der Waals surface area contributed by atoms with Crippen LogP contribution in [0, 0.1) is 0 Å². The molecule has 1 N–H and O–H groups in total. The molecule has 0 bridgehead atoms. The average molecular weight is 311 g/mol. The van der Waals surface area contributed by atoms with Gasteiger partial charge in [-0.05, 0) is 38.2 Å². The van der Waals surface area contributed by atoms with Gasteiger partial charge in [0.1, 0.15) is 11.7 Å². The van der Waals surface area contributed by atoms with Crippen molar-refractivity contribution in [3.8, 4) is 5.88 Å². The van der Waals surface area contributed by atoms with Crippen LogP contribution in [0.1, 0.15) is 32.1 Å². The summed E-state index contributed by atoms with van der Waals surface area (Å²) in [5.74, 6) is 0.368. The number of halogens is 1. The lowest BCUT2D eigenvalue weighted by molar-refractivity contribution is -0.163. The van der Waals surface area contributed by atoms with E-state index in [0.717, 1.165) is 19.3 Å². The number of piperidine rings is 1. The van der Waals surface area contributed by atoms with Crippen LogP contribution in [-0.2, 0) is 4.79 Å². The van der Waals surface area contributed by atoms with Gasteiger partial charge in [-0.2, -0.15) is 0 Å². The molecule has 2 aliphatic rings. The first kappa shape index (κ1) is 14.6. The number of carbonyl (C=O) groups excluding carboxylic acids is 1. The molecule has 2 heterocycles. The Morgan fingerprint density at radius 1 is 1.43 bits per heavy atom. The highest BCUT2D eigenvalue weighted by molar-refractivity contribution is 6.30. The SMILES string of the molecule is O=C(N1CCC[C@@H](Oc2ccc(Cl)cn2)C1)C1(O)CCC1. The Morgan fingerprint density at radius 2 is 2.24 bits per heavy atom. The fraction of sp³-hybridized carbons (Fsp3) is 0.600. The molecule has 1 atom stereocenters. The maximum Gasteiger partial charge on any atom is 0.254 e. The van der Waals surface area contributed by atoms with Gasteiger partial charge in [-0.15, -0.1) is 0 Å². The average Bonchev–Trinajstić information content (AvgIpc) is 2.47. The Bertz CT molecular complexity index is 516. The monoisotopic (exact) mass is 310 g/mol. The van der Waals surface area contributed by atoms with Crippen LogP contribution in [0.4, 0.5) is 0 Å². The van der Waals surface area contributed by atoms with E-state index in [1.807, 2.05) is 0 Å². The first-order valence-corrected chi connectivity index (χ1v) is 7.75. The lowest BCUT2D eigenvalue weighted by atomic mass is 9.79. The van der Waals surface area contributed by atoms with Gasteiger partial charge in [0.2, 0.25) is 5.88 Å². The Morgan fingerprint density at radius 3 is 2.86 bits per heavy atom. The number of carbonyl (C=O) groups is 1. The second kappa shape index (κ2) is 5.81. The minimum atomic E-state index is -1.12. The zero-order valence-electron chi connectivity index (χ0n) is 11.8. The molecule has 5 nitrogen and oxygen atoms in total. The van der Waals surface area contributed by atoms with Crippen molar-refractivity contribution in [2.45, 2.75) is 43.8 Å². The van der Waals surface area contributed by atoms with Gasteiger partial charge in [0.15, 0.2) is 0 Å². The van der Waals surface area contributed by atoms with Gasteiger partial charge in [0.05, 0.1) is 11.6 Å². The number of hydrogen-bond acceptors (Lipinski definition) is 4. The number of rotatable bonds is 3. The fourth-order valence-corrected chi connectivity index (χ4v) is 2.95. The molecule has 0 radical (unpaired) electrons. The van der Waals surface area contributed by atoms with Crippen molar-refractivity contribution in [3.05, 3.63) is 23.4 Å². The van der Waals surface area contributed by atoms with Crippen molar-refractivity contribution < 1.29 is 14.6 Å². The summed E-state index contributed by atoms with van der Waals surface area (Å²) in [5.41, 5.74) is -1.12. The van der Waals surface area contributed by atoms with Crippen molar-refractivity contribution >= 4 is 17.5 Å². The molecule has 114 valence electrons. The third-order valence-electron chi connectivity index (χ3n) is 4.23. The molecule has 1 aliphatic heterocycles. The molecule has 6 heteroatoms.